The zero-order valence-electron chi connectivity index (χ0n) is 19.1. The monoisotopic (exact) mass is 495 g/mol. The van der Waals surface area contributed by atoms with Crippen LogP contribution < -0.4 is 15.0 Å². The Labute approximate surface area is 200 Å². The number of carbonyl (C=O) groups is 1. The molecule has 1 saturated heterocycles. The highest BCUT2D eigenvalue weighted by atomic mass is 35.5. The number of nitrogens with one attached hydrogen (secondary N) is 1. The number of amides is 1. The Bertz CT molecular complexity index is 1080. The average molecular weight is 496 g/mol. The van der Waals surface area contributed by atoms with Crippen molar-refractivity contribution in [3.05, 3.63) is 47.0 Å². The van der Waals surface area contributed by atoms with Gasteiger partial charge in [-0.3, -0.25) is 4.79 Å². The van der Waals surface area contributed by atoms with E-state index in [0.717, 1.165) is 11.3 Å². The number of sulfonamides is 1. The molecule has 1 N–H and O–H groups in total. The van der Waals surface area contributed by atoms with Crippen molar-refractivity contribution in [1.29, 1.82) is 0 Å². The molecule has 10 heteroatoms. The molecule has 180 valence electrons. The molecule has 1 heterocycles. The summed E-state index contributed by atoms with van der Waals surface area (Å²) >= 11 is 5.97. The minimum atomic E-state index is -3.68. The van der Waals surface area contributed by atoms with Crippen molar-refractivity contribution in [2.75, 3.05) is 56.2 Å². The van der Waals surface area contributed by atoms with Gasteiger partial charge in [-0.25, -0.2) is 8.42 Å². The molecular formula is C23H30ClN3O5S. The molecule has 1 amide bonds. The molecule has 3 rings (SSSR count). The molecule has 0 unspecified atom stereocenters. The number of hydrogen-bond acceptors (Lipinski definition) is 6. The molecule has 2 aromatic carbocycles. The van der Waals surface area contributed by atoms with Crippen LogP contribution in [0.15, 0.2) is 41.3 Å². The van der Waals surface area contributed by atoms with Crippen LogP contribution in [0.1, 0.15) is 19.4 Å². The molecule has 8 nitrogen and oxygen atoms in total. The largest absolute Gasteiger partial charge is 0.483 e. The number of nitrogens with zero attached hydrogens (tertiary/aromatic N) is 2. The third-order valence-electron chi connectivity index (χ3n) is 5.43. The summed E-state index contributed by atoms with van der Waals surface area (Å²) in [6, 6.07) is 10.0. The second-order valence-electron chi connectivity index (χ2n) is 7.61. The number of carbonyl (C=O) groups excluding carboxylic acids is 1. The van der Waals surface area contributed by atoms with Crippen LogP contribution in [-0.2, 0) is 19.6 Å². The van der Waals surface area contributed by atoms with Crippen molar-refractivity contribution < 1.29 is 22.7 Å². The van der Waals surface area contributed by atoms with Gasteiger partial charge in [0.2, 0.25) is 10.0 Å². The van der Waals surface area contributed by atoms with Gasteiger partial charge in [0.15, 0.2) is 6.61 Å². The van der Waals surface area contributed by atoms with Crippen molar-refractivity contribution in [2.45, 2.75) is 25.7 Å². The van der Waals surface area contributed by atoms with E-state index < -0.39 is 15.9 Å². The molecule has 1 fully saturated rings. The van der Waals surface area contributed by atoms with E-state index in [1.807, 2.05) is 6.92 Å². The fourth-order valence-corrected chi connectivity index (χ4v) is 5.38. The maximum Gasteiger partial charge on any atom is 0.262 e. The van der Waals surface area contributed by atoms with E-state index >= 15 is 0 Å². The minimum absolute atomic E-state index is 0.132. The van der Waals surface area contributed by atoms with E-state index in [4.69, 9.17) is 21.1 Å². The Morgan fingerprint density at radius 3 is 2.48 bits per heavy atom. The first-order valence-electron chi connectivity index (χ1n) is 10.9. The van der Waals surface area contributed by atoms with Gasteiger partial charge in [-0.2, -0.15) is 4.31 Å². The Hall–Kier alpha value is -2.33. The number of ether oxygens (including phenoxy) is 2. The number of benzene rings is 2. The molecule has 0 atom stereocenters. The second-order valence-corrected chi connectivity index (χ2v) is 9.99. The van der Waals surface area contributed by atoms with Crippen LogP contribution in [0.2, 0.25) is 5.02 Å². The summed E-state index contributed by atoms with van der Waals surface area (Å²) in [5.41, 5.74) is 1.98. The first kappa shape index (κ1) is 25.3. The van der Waals surface area contributed by atoms with Crippen molar-refractivity contribution >= 4 is 38.9 Å². The Morgan fingerprint density at radius 1 is 1.15 bits per heavy atom. The van der Waals surface area contributed by atoms with E-state index in [2.05, 4.69) is 10.2 Å². The molecule has 1 aliphatic rings. The lowest BCUT2D eigenvalue weighted by Crippen LogP contribution is -2.37. The predicted molar refractivity (Wildman–Crippen MR) is 130 cm³/mol. The van der Waals surface area contributed by atoms with E-state index in [-0.39, 0.29) is 11.5 Å². The van der Waals surface area contributed by atoms with Gasteiger partial charge in [-0.15, -0.1) is 0 Å². The second kappa shape index (κ2) is 11.2. The van der Waals surface area contributed by atoms with Crippen LogP contribution in [0.4, 0.5) is 11.4 Å². The maximum atomic E-state index is 13.0. The smallest absolute Gasteiger partial charge is 0.262 e. The first-order chi connectivity index (χ1) is 15.8. The molecule has 33 heavy (non-hydrogen) atoms. The number of aryl methyl sites for hydroxylation is 1. The molecule has 0 spiro atoms. The highest BCUT2D eigenvalue weighted by molar-refractivity contribution is 7.89. The van der Waals surface area contributed by atoms with Crippen LogP contribution in [0.25, 0.3) is 0 Å². The zero-order chi connectivity index (χ0) is 24.0. The minimum Gasteiger partial charge on any atom is -0.483 e. The highest BCUT2D eigenvalue weighted by Crippen LogP contribution is 2.31. The van der Waals surface area contributed by atoms with Crippen LogP contribution >= 0.6 is 11.6 Å². The summed E-state index contributed by atoms with van der Waals surface area (Å²) < 4.78 is 38.5. The number of halogens is 1. The number of rotatable bonds is 9. The SMILES string of the molecule is CCN(CC)S(=O)(=O)c1ccc(N2CCOCC2)c(NC(=O)COc2ccc(Cl)cc2C)c1. The molecule has 0 radical (unpaired) electrons. The summed E-state index contributed by atoms with van der Waals surface area (Å²) in [4.78, 5) is 14.9. The number of hydrogen-bond donors (Lipinski definition) is 1. The molecule has 0 saturated carbocycles. The van der Waals surface area contributed by atoms with E-state index in [9.17, 15) is 13.2 Å². The van der Waals surface area contributed by atoms with Crippen molar-refractivity contribution in [1.82, 2.24) is 4.31 Å². The molecule has 2 aromatic rings. The third kappa shape index (κ3) is 6.17. The summed E-state index contributed by atoms with van der Waals surface area (Å²) in [5, 5.41) is 3.43. The van der Waals surface area contributed by atoms with Crippen LogP contribution in [0.5, 0.6) is 5.75 Å². The third-order valence-corrected chi connectivity index (χ3v) is 7.71. The number of morpholine rings is 1. The number of anilines is 2. The van der Waals surface area contributed by atoms with E-state index in [1.165, 1.54) is 10.4 Å². The van der Waals surface area contributed by atoms with Crippen LogP contribution in [0, 0.1) is 6.92 Å². The Morgan fingerprint density at radius 2 is 1.85 bits per heavy atom. The zero-order valence-corrected chi connectivity index (χ0v) is 20.7. The summed E-state index contributed by atoms with van der Waals surface area (Å²) in [5.74, 6) is 0.164. The molecular weight excluding hydrogens is 466 g/mol. The molecule has 0 bridgehead atoms. The molecule has 0 aliphatic carbocycles. The van der Waals surface area contributed by atoms with Crippen LogP contribution in [0.3, 0.4) is 0 Å². The van der Waals surface area contributed by atoms with Gasteiger partial charge in [0.05, 0.1) is 29.5 Å². The average Bonchev–Trinajstić information content (AvgIpc) is 2.79. The van der Waals surface area contributed by atoms with Crippen molar-refractivity contribution in [3.63, 3.8) is 0 Å². The highest BCUT2D eigenvalue weighted by Gasteiger charge is 2.25. The van der Waals surface area contributed by atoms with Crippen LogP contribution in [-0.4, -0.2) is 64.6 Å². The fourth-order valence-electron chi connectivity index (χ4n) is 3.67. The Kier molecular flexibility index (Phi) is 8.58. The van der Waals surface area contributed by atoms with Gasteiger partial charge in [-0.1, -0.05) is 25.4 Å². The quantitative estimate of drug-likeness (QED) is 0.572. The summed E-state index contributed by atoms with van der Waals surface area (Å²) in [6.07, 6.45) is 0. The molecule has 1 aliphatic heterocycles. The normalized spacial score (nSPS) is 14.4. The van der Waals surface area contributed by atoms with Crippen molar-refractivity contribution in [2.24, 2.45) is 0 Å². The lowest BCUT2D eigenvalue weighted by Gasteiger charge is -2.31. The summed E-state index contributed by atoms with van der Waals surface area (Å²) in [7, 11) is -3.68. The van der Waals surface area contributed by atoms with Gasteiger partial charge in [0, 0.05) is 31.2 Å². The standard InChI is InChI=1S/C23H30ClN3O5S/c1-4-27(5-2)33(29,30)19-7-8-21(26-10-12-31-13-11-26)20(15-19)25-23(28)16-32-22-9-6-18(24)14-17(22)3/h6-9,14-15H,4-5,10-13,16H2,1-3H3,(H,25,28). The van der Waals surface area contributed by atoms with Gasteiger partial charge in [0.1, 0.15) is 5.75 Å². The molecule has 0 aromatic heterocycles. The Balaban J connectivity index is 1.85. The lowest BCUT2D eigenvalue weighted by molar-refractivity contribution is -0.118. The predicted octanol–water partition coefficient (Wildman–Crippen LogP) is 3.53. The van der Waals surface area contributed by atoms with E-state index in [0.29, 0.717) is 55.9 Å². The van der Waals surface area contributed by atoms with Gasteiger partial charge in [0.25, 0.3) is 5.91 Å². The van der Waals surface area contributed by atoms with Gasteiger partial charge < -0.3 is 19.7 Å². The maximum absolute atomic E-state index is 13.0. The van der Waals surface area contributed by atoms with Gasteiger partial charge >= 0.3 is 0 Å². The van der Waals surface area contributed by atoms with E-state index in [1.54, 1.807) is 44.2 Å². The first-order valence-corrected chi connectivity index (χ1v) is 12.7. The van der Waals surface area contributed by atoms with Gasteiger partial charge in [-0.05, 0) is 48.9 Å². The lowest BCUT2D eigenvalue weighted by atomic mass is 10.2. The fraction of sp³-hybridized carbons (Fsp3) is 0.435. The summed E-state index contributed by atoms with van der Waals surface area (Å²) in [6.45, 7) is 8.34. The van der Waals surface area contributed by atoms with Crippen molar-refractivity contribution in [3.8, 4) is 5.75 Å². The topological polar surface area (TPSA) is 88.2 Å².